The first-order valence-corrected chi connectivity index (χ1v) is 8.23. The first-order valence-electron chi connectivity index (χ1n) is 6.56. The minimum Gasteiger partial charge on any atom is -0.377 e. The highest BCUT2D eigenvalue weighted by Crippen LogP contribution is 2.54. The van der Waals surface area contributed by atoms with Crippen LogP contribution in [-0.2, 0) is 4.74 Å². The molecule has 1 aromatic heterocycles. The largest absolute Gasteiger partial charge is 0.377 e. The zero-order valence-electron chi connectivity index (χ0n) is 11.4. The molecule has 0 unspecified atom stereocenters. The number of halogens is 1. The van der Waals surface area contributed by atoms with Gasteiger partial charge in [0.1, 0.15) is 4.88 Å². The molecule has 0 N–H and O–H groups in total. The second-order valence-corrected chi connectivity index (χ2v) is 7.79. The molecule has 2 aliphatic rings. The molecule has 3 rings (SSSR count). The molecule has 104 valence electrons. The van der Waals surface area contributed by atoms with Gasteiger partial charge in [0.15, 0.2) is 0 Å². The second-order valence-electron chi connectivity index (χ2n) is 6.02. The highest BCUT2D eigenvalue weighted by atomic mass is 79.9. The Bertz CT molecular complexity index is 513. The molecule has 2 heterocycles. The van der Waals surface area contributed by atoms with E-state index in [1.54, 1.807) is 0 Å². The highest BCUT2D eigenvalue weighted by Gasteiger charge is 2.61. The van der Waals surface area contributed by atoms with Crippen molar-refractivity contribution in [3.05, 3.63) is 20.8 Å². The number of carbonyl (C=O) groups excluding carboxylic acids is 1. The van der Waals surface area contributed by atoms with Gasteiger partial charge >= 0.3 is 0 Å². The number of nitrogens with zero attached hydrogens (tertiary/aromatic N) is 1. The maximum atomic E-state index is 12.6. The fraction of sp³-hybridized carbons (Fsp3) is 0.643. The van der Waals surface area contributed by atoms with Gasteiger partial charge in [-0.1, -0.05) is 13.8 Å². The normalized spacial score (nSPS) is 31.7. The van der Waals surface area contributed by atoms with Gasteiger partial charge in [-0.3, -0.25) is 4.79 Å². The summed E-state index contributed by atoms with van der Waals surface area (Å²) in [6.07, 6.45) is 1.39. The lowest BCUT2D eigenvalue weighted by molar-refractivity contribution is -0.139. The van der Waals surface area contributed by atoms with Crippen molar-refractivity contribution in [1.29, 1.82) is 0 Å². The van der Waals surface area contributed by atoms with Crippen molar-refractivity contribution in [1.82, 2.24) is 4.90 Å². The van der Waals surface area contributed by atoms with E-state index in [1.807, 2.05) is 23.4 Å². The molecular weight excluding hydrogens is 326 g/mol. The summed E-state index contributed by atoms with van der Waals surface area (Å²) in [5.41, 5.74) is 0.0509. The molecule has 2 fully saturated rings. The molecular formula is C14H18BrNO2S. The molecule has 5 heteroatoms. The summed E-state index contributed by atoms with van der Waals surface area (Å²) in [5.74, 6) is 0.619. The van der Waals surface area contributed by atoms with Crippen LogP contribution in [0, 0.1) is 11.3 Å². The third kappa shape index (κ3) is 1.89. The van der Waals surface area contributed by atoms with Gasteiger partial charge in [0.2, 0.25) is 0 Å². The Hall–Kier alpha value is -0.390. The summed E-state index contributed by atoms with van der Waals surface area (Å²) in [7, 11) is 1.93. The van der Waals surface area contributed by atoms with E-state index in [-0.39, 0.29) is 17.4 Å². The Morgan fingerprint density at radius 2 is 2.32 bits per heavy atom. The van der Waals surface area contributed by atoms with Crippen molar-refractivity contribution in [2.45, 2.75) is 32.4 Å². The molecule has 19 heavy (non-hydrogen) atoms. The fourth-order valence-electron chi connectivity index (χ4n) is 3.82. The lowest BCUT2D eigenvalue weighted by Crippen LogP contribution is -2.66. The molecule has 1 aromatic rings. The highest BCUT2D eigenvalue weighted by molar-refractivity contribution is 9.10. The number of amides is 1. The maximum absolute atomic E-state index is 12.6. The van der Waals surface area contributed by atoms with E-state index < -0.39 is 0 Å². The van der Waals surface area contributed by atoms with Crippen LogP contribution in [0.2, 0.25) is 0 Å². The molecule has 3 atom stereocenters. The number of ether oxygens (including phenoxy) is 1. The van der Waals surface area contributed by atoms with Crippen molar-refractivity contribution in [3.63, 3.8) is 0 Å². The first-order chi connectivity index (χ1) is 8.94. The summed E-state index contributed by atoms with van der Waals surface area (Å²) in [6.45, 7) is 5.24. The molecule has 1 saturated carbocycles. The van der Waals surface area contributed by atoms with Crippen LogP contribution in [0.4, 0.5) is 0 Å². The Kier molecular flexibility index (Phi) is 3.27. The average Bonchev–Trinajstić information content (AvgIpc) is 2.95. The summed E-state index contributed by atoms with van der Waals surface area (Å²) >= 11 is 4.94. The number of hydrogen-bond acceptors (Lipinski definition) is 3. The number of hydrogen-bond donors (Lipinski definition) is 0. The Labute approximate surface area is 126 Å². The number of carbonyl (C=O) groups is 1. The van der Waals surface area contributed by atoms with Gasteiger partial charge in [-0.2, -0.15) is 0 Å². The van der Waals surface area contributed by atoms with Crippen LogP contribution in [0.5, 0.6) is 0 Å². The zero-order chi connectivity index (χ0) is 13.8. The monoisotopic (exact) mass is 343 g/mol. The van der Waals surface area contributed by atoms with Crippen LogP contribution >= 0.6 is 27.3 Å². The van der Waals surface area contributed by atoms with Crippen molar-refractivity contribution in [2.75, 3.05) is 13.7 Å². The van der Waals surface area contributed by atoms with Crippen LogP contribution in [-0.4, -0.2) is 36.6 Å². The predicted molar refractivity (Wildman–Crippen MR) is 79.5 cm³/mol. The molecule has 0 aromatic carbocycles. The topological polar surface area (TPSA) is 29.5 Å². The lowest BCUT2D eigenvalue weighted by atomic mass is 9.57. The van der Waals surface area contributed by atoms with E-state index in [9.17, 15) is 4.79 Å². The van der Waals surface area contributed by atoms with Crippen LogP contribution in [0.25, 0.3) is 0 Å². The SMILES string of the molecule is CN(C(=O)c1sccc1Br)[C@@H]1[C@@H]2CCO[C@@H]2C1(C)C. The van der Waals surface area contributed by atoms with E-state index in [0.717, 1.165) is 22.4 Å². The van der Waals surface area contributed by atoms with Crippen LogP contribution < -0.4 is 0 Å². The molecule has 0 radical (unpaired) electrons. The first kappa shape index (κ1) is 13.6. The second kappa shape index (κ2) is 4.57. The van der Waals surface area contributed by atoms with Gasteiger partial charge in [0.05, 0.1) is 6.10 Å². The van der Waals surface area contributed by atoms with Gasteiger partial charge in [-0.05, 0) is 33.8 Å². The molecule has 1 amide bonds. The number of thiophene rings is 1. The van der Waals surface area contributed by atoms with E-state index in [4.69, 9.17) is 4.74 Å². The molecule has 3 nitrogen and oxygen atoms in total. The molecule has 0 bridgehead atoms. The Morgan fingerprint density at radius 3 is 2.95 bits per heavy atom. The molecule has 0 spiro atoms. The van der Waals surface area contributed by atoms with Crippen LogP contribution in [0.3, 0.4) is 0 Å². The minimum absolute atomic E-state index is 0.0509. The van der Waals surface area contributed by atoms with Crippen LogP contribution in [0.15, 0.2) is 15.9 Å². The van der Waals surface area contributed by atoms with E-state index in [1.165, 1.54) is 11.3 Å². The van der Waals surface area contributed by atoms with Gasteiger partial charge < -0.3 is 9.64 Å². The van der Waals surface area contributed by atoms with E-state index in [2.05, 4.69) is 29.8 Å². The van der Waals surface area contributed by atoms with Gasteiger partial charge in [0, 0.05) is 35.5 Å². The van der Waals surface area contributed by atoms with Crippen LogP contribution in [0.1, 0.15) is 29.9 Å². The molecule has 1 saturated heterocycles. The lowest BCUT2D eigenvalue weighted by Gasteiger charge is -2.57. The van der Waals surface area contributed by atoms with Crippen molar-refractivity contribution >= 4 is 33.2 Å². The van der Waals surface area contributed by atoms with E-state index >= 15 is 0 Å². The molecule has 1 aliphatic heterocycles. The summed E-state index contributed by atoms with van der Waals surface area (Å²) in [4.78, 5) is 15.3. The third-order valence-electron chi connectivity index (χ3n) is 4.59. The number of fused-ring (bicyclic) bond motifs is 1. The van der Waals surface area contributed by atoms with Crippen molar-refractivity contribution in [3.8, 4) is 0 Å². The average molecular weight is 344 g/mol. The standard InChI is InChI=1S/C14H18BrNO2S/c1-14(2)11(8-4-6-18-12(8)14)16(3)13(17)10-9(15)5-7-19-10/h5,7-8,11-12H,4,6H2,1-3H3/t8-,11+,12-/m0/s1. The maximum Gasteiger partial charge on any atom is 0.265 e. The summed E-state index contributed by atoms with van der Waals surface area (Å²) < 4.78 is 6.69. The zero-order valence-corrected chi connectivity index (χ0v) is 13.8. The Balaban J connectivity index is 1.83. The van der Waals surface area contributed by atoms with E-state index in [0.29, 0.717) is 12.0 Å². The quantitative estimate of drug-likeness (QED) is 0.823. The smallest absolute Gasteiger partial charge is 0.265 e. The van der Waals surface area contributed by atoms with Gasteiger partial charge in [0.25, 0.3) is 5.91 Å². The number of rotatable bonds is 2. The van der Waals surface area contributed by atoms with Crippen molar-refractivity contribution < 1.29 is 9.53 Å². The Morgan fingerprint density at radius 1 is 1.58 bits per heavy atom. The van der Waals surface area contributed by atoms with Gasteiger partial charge in [-0.25, -0.2) is 0 Å². The minimum atomic E-state index is 0.0509. The van der Waals surface area contributed by atoms with Crippen molar-refractivity contribution in [2.24, 2.45) is 11.3 Å². The van der Waals surface area contributed by atoms with Gasteiger partial charge in [-0.15, -0.1) is 11.3 Å². The predicted octanol–water partition coefficient (Wildman–Crippen LogP) is 3.40. The third-order valence-corrected chi connectivity index (χ3v) is 6.41. The summed E-state index contributed by atoms with van der Waals surface area (Å²) in [5, 5.41) is 1.94. The molecule has 1 aliphatic carbocycles. The summed E-state index contributed by atoms with van der Waals surface area (Å²) in [6, 6.07) is 2.21. The fourth-order valence-corrected chi connectivity index (χ4v) is 5.34.